The van der Waals surface area contributed by atoms with E-state index in [0.29, 0.717) is 17.6 Å². The van der Waals surface area contributed by atoms with Crippen molar-refractivity contribution in [2.75, 3.05) is 24.5 Å². The Balaban J connectivity index is 2.13. The second kappa shape index (κ2) is 5.65. The van der Waals surface area contributed by atoms with Gasteiger partial charge in [-0.2, -0.15) is 0 Å². The van der Waals surface area contributed by atoms with Gasteiger partial charge in [-0.15, -0.1) is 0 Å². The molecule has 0 aromatic heterocycles. The molecule has 1 aromatic carbocycles. The molecule has 1 aliphatic rings. The van der Waals surface area contributed by atoms with Crippen LogP contribution in [0.4, 0.5) is 14.5 Å². The number of benzene rings is 1. The van der Waals surface area contributed by atoms with Crippen molar-refractivity contribution in [3.05, 3.63) is 29.8 Å². The van der Waals surface area contributed by atoms with Crippen LogP contribution in [0, 0.1) is 17.6 Å². The van der Waals surface area contributed by atoms with Gasteiger partial charge in [-0.3, -0.25) is 0 Å². The van der Waals surface area contributed by atoms with Crippen LogP contribution in [0.25, 0.3) is 0 Å². The summed E-state index contributed by atoms with van der Waals surface area (Å²) >= 11 is 0. The van der Waals surface area contributed by atoms with Gasteiger partial charge >= 0.3 is 0 Å². The molecule has 2 rings (SSSR count). The second-order valence-corrected chi connectivity index (χ2v) is 4.99. The molecule has 18 heavy (non-hydrogen) atoms. The normalized spacial score (nSPS) is 22.0. The number of anilines is 1. The molecule has 1 aliphatic heterocycles. The first kappa shape index (κ1) is 13.3. The third-order valence-electron chi connectivity index (χ3n) is 3.79. The van der Waals surface area contributed by atoms with Crippen molar-refractivity contribution in [3.63, 3.8) is 0 Å². The van der Waals surface area contributed by atoms with Crippen LogP contribution in [0.2, 0.25) is 0 Å². The molecular weight excluding hydrogens is 234 g/mol. The van der Waals surface area contributed by atoms with Gasteiger partial charge in [0.1, 0.15) is 11.6 Å². The number of piperazine rings is 1. The van der Waals surface area contributed by atoms with Crippen LogP contribution in [0.1, 0.15) is 20.3 Å². The number of hydrogen-bond acceptors (Lipinski definition) is 2. The van der Waals surface area contributed by atoms with Crippen molar-refractivity contribution in [3.8, 4) is 0 Å². The molecule has 2 nitrogen and oxygen atoms in total. The largest absolute Gasteiger partial charge is 0.366 e. The third-order valence-corrected chi connectivity index (χ3v) is 3.79. The molecule has 1 aromatic rings. The van der Waals surface area contributed by atoms with Crippen LogP contribution in [0.3, 0.4) is 0 Å². The maximum Gasteiger partial charge on any atom is 0.149 e. The lowest BCUT2D eigenvalue weighted by molar-refractivity contribution is 0.340. The quantitative estimate of drug-likeness (QED) is 0.892. The SMILES string of the molecule is CCC(C)C1CN(c2ccc(F)cc2F)CCN1. The highest BCUT2D eigenvalue weighted by Gasteiger charge is 2.24. The van der Waals surface area contributed by atoms with E-state index in [0.717, 1.165) is 32.1 Å². The molecule has 1 fully saturated rings. The van der Waals surface area contributed by atoms with Gasteiger partial charge < -0.3 is 10.2 Å². The summed E-state index contributed by atoms with van der Waals surface area (Å²) in [6, 6.07) is 4.17. The highest BCUT2D eigenvalue weighted by molar-refractivity contribution is 5.48. The number of rotatable bonds is 3. The van der Waals surface area contributed by atoms with E-state index < -0.39 is 11.6 Å². The Morgan fingerprint density at radius 3 is 2.89 bits per heavy atom. The summed E-state index contributed by atoms with van der Waals surface area (Å²) in [5.41, 5.74) is 0.506. The van der Waals surface area contributed by atoms with Gasteiger partial charge in [0, 0.05) is 31.7 Å². The summed E-state index contributed by atoms with van der Waals surface area (Å²) in [5.74, 6) is -0.444. The Bertz CT molecular complexity index is 409. The lowest BCUT2D eigenvalue weighted by Crippen LogP contribution is -2.53. The predicted molar refractivity (Wildman–Crippen MR) is 69.8 cm³/mol. The summed E-state index contributed by atoms with van der Waals surface area (Å²) in [6.45, 7) is 6.73. The molecule has 4 heteroatoms. The van der Waals surface area contributed by atoms with Crippen molar-refractivity contribution >= 4 is 5.69 Å². The fourth-order valence-corrected chi connectivity index (χ4v) is 2.40. The third kappa shape index (κ3) is 2.80. The molecule has 2 atom stereocenters. The summed E-state index contributed by atoms with van der Waals surface area (Å²) in [4.78, 5) is 2.00. The van der Waals surface area contributed by atoms with Crippen molar-refractivity contribution in [1.82, 2.24) is 5.32 Å². The molecule has 0 bridgehead atoms. The lowest BCUT2D eigenvalue weighted by Gasteiger charge is -2.38. The zero-order valence-electron chi connectivity index (χ0n) is 10.9. The summed E-state index contributed by atoms with van der Waals surface area (Å²) < 4.78 is 26.6. The topological polar surface area (TPSA) is 15.3 Å². The van der Waals surface area contributed by atoms with E-state index >= 15 is 0 Å². The minimum Gasteiger partial charge on any atom is -0.366 e. The molecule has 100 valence electrons. The van der Waals surface area contributed by atoms with Crippen LogP contribution in [0.5, 0.6) is 0 Å². The highest BCUT2D eigenvalue weighted by Crippen LogP contribution is 2.23. The van der Waals surface area contributed by atoms with E-state index in [1.807, 2.05) is 4.90 Å². The molecule has 0 saturated carbocycles. The zero-order chi connectivity index (χ0) is 13.1. The average molecular weight is 254 g/mol. The summed E-state index contributed by atoms with van der Waals surface area (Å²) in [7, 11) is 0. The van der Waals surface area contributed by atoms with E-state index in [1.165, 1.54) is 12.1 Å². The van der Waals surface area contributed by atoms with Gasteiger partial charge in [-0.05, 0) is 18.1 Å². The summed E-state index contributed by atoms with van der Waals surface area (Å²) in [5, 5.41) is 3.46. The van der Waals surface area contributed by atoms with Crippen molar-refractivity contribution in [2.45, 2.75) is 26.3 Å². The molecule has 1 N–H and O–H groups in total. The van der Waals surface area contributed by atoms with Crippen LogP contribution in [0.15, 0.2) is 18.2 Å². The first-order valence-corrected chi connectivity index (χ1v) is 6.55. The second-order valence-electron chi connectivity index (χ2n) is 4.99. The van der Waals surface area contributed by atoms with Crippen LogP contribution in [-0.4, -0.2) is 25.7 Å². The Morgan fingerprint density at radius 1 is 1.44 bits per heavy atom. The molecule has 0 radical (unpaired) electrons. The monoisotopic (exact) mass is 254 g/mol. The van der Waals surface area contributed by atoms with Gasteiger partial charge in [0.15, 0.2) is 0 Å². The Hall–Kier alpha value is -1.16. The Morgan fingerprint density at radius 2 is 2.22 bits per heavy atom. The van der Waals surface area contributed by atoms with E-state index in [4.69, 9.17) is 0 Å². The fraction of sp³-hybridized carbons (Fsp3) is 0.571. The summed E-state index contributed by atoms with van der Waals surface area (Å²) in [6.07, 6.45) is 1.09. The smallest absolute Gasteiger partial charge is 0.149 e. The van der Waals surface area contributed by atoms with Crippen LogP contribution >= 0.6 is 0 Å². The molecule has 1 heterocycles. The minimum atomic E-state index is -0.523. The van der Waals surface area contributed by atoms with Crippen molar-refractivity contribution < 1.29 is 8.78 Å². The van der Waals surface area contributed by atoms with E-state index in [9.17, 15) is 8.78 Å². The van der Waals surface area contributed by atoms with E-state index in [2.05, 4.69) is 19.2 Å². The maximum atomic E-state index is 13.7. The zero-order valence-corrected chi connectivity index (χ0v) is 10.9. The van der Waals surface area contributed by atoms with Gasteiger partial charge in [-0.1, -0.05) is 20.3 Å². The standard InChI is InChI=1S/C14H20F2N2/c1-3-10(2)13-9-18(7-6-17-13)14-5-4-11(15)8-12(14)16/h4-5,8,10,13,17H,3,6-7,9H2,1-2H3. The molecule has 1 saturated heterocycles. The minimum absolute atomic E-state index is 0.369. The number of halogens is 2. The van der Waals surface area contributed by atoms with Crippen molar-refractivity contribution in [2.24, 2.45) is 5.92 Å². The highest BCUT2D eigenvalue weighted by atomic mass is 19.1. The molecule has 2 unspecified atom stereocenters. The predicted octanol–water partition coefficient (Wildman–Crippen LogP) is 2.79. The van der Waals surface area contributed by atoms with Gasteiger partial charge in [0.2, 0.25) is 0 Å². The Labute approximate surface area is 107 Å². The first-order chi connectivity index (χ1) is 8.61. The molecular formula is C14H20F2N2. The van der Waals surface area contributed by atoms with E-state index in [1.54, 1.807) is 0 Å². The maximum absolute atomic E-state index is 13.7. The Kier molecular flexibility index (Phi) is 4.17. The van der Waals surface area contributed by atoms with Crippen molar-refractivity contribution in [1.29, 1.82) is 0 Å². The number of nitrogens with zero attached hydrogens (tertiary/aromatic N) is 1. The van der Waals surface area contributed by atoms with Gasteiger partial charge in [-0.25, -0.2) is 8.78 Å². The van der Waals surface area contributed by atoms with Gasteiger partial charge in [0.05, 0.1) is 5.69 Å². The van der Waals surface area contributed by atoms with Gasteiger partial charge in [0.25, 0.3) is 0 Å². The number of hydrogen-bond donors (Lipinski definition) is 1. The first-order valence-electron chi connectivity index (χ1n) is 6.55. The van der Waals surface area contributed by atoms with Crippen LogP contribution < -0.4 is 10.2 Å². The number of nitrogens with one attached hydrogen (secondary N) is 1. The van der Waals surface area contributed by atoms with E-state index in [-0.39, 0.29) is 0 Å². The average Bonchev–Trinajstić information content (AvgIpc) is 2.38. The molecule has 0 spiro atoms. The lowest BCUT2D eigenvalue weighted by atomic mass is 9.97. The molecule has 0 amide bonds. The van der Waals surface area contributed by atoms with Crippen LogP contribution in [-0.2, 0) is 0 Å². The fourth-order valence-electron chi connectivity index (χ4n) is 2.40. The molecule has 0 aliphatic carbocycles.